The van der Waals surface area contributed by atoms with Crippen LogP contribution in [0.2, 0.25) is 5.02 Å². The summed E-state index contributed by atoms with van der Waals surface area (Å²) in [5.74, 6) is -0.523. The van der Waals surface area contributed by atoms with E-state index in [1.54, 1.807) is 0 Å². The minimum absolute atomic E-state index is 0.0661. The van der Waals surface area contributed by atoms with Gasteiger partial charge in [0.15, 0.2) is 9.84 Å². The van der Waals surface area contributed by atoms with E-state index in [2.05, 4.69) is 15.3 Å². The van der Waals surface area contributed by atoms with Gasteiger partial charge in [-0.05, 0) is 18.2 Å². The average Bonchev–Trinajstić information content (AvgIpc) is 2.41. The maximum atomic E-state index is 11.9. The maximum absolute atomic E-state index is 11.9. The number of carbonyl (C=O) groups excluding carboxylic acids is 1. The lowest BCUT2D eigenvalue weighted by molar-refractivity contribution is 0.102. The number of sulfone groups is 1. The maximum Gasteiger partial charge on any atom is 0.275 e. The van der Waals surface area contributed by atoms with Crippen molar-refractivity contribution in [1.29, 1.82) is 0 Å². The normalized spacial score (nSPS) is 11.1. The third-order valence-electron chi connectivity index (χ3n) is 2.41. The van der Waals surface area contributed by atoms with E-state index in [0.717, 1.165) is 6.26 Å². The fourth-order valence-corrected chi connectivity index (χ4v) is 2.25. The minimum Gasteiger partial charge on any atom is -0.319 e. The number of anilines is 1. The Morgan fingerprint density at radius 3 is 2.65 bits per heavy atom. The van der Waals surface area contributed by atoms with E-state index in [1.165, 1.54) is 36.8 Å². The van der Waals surface area contributed by atoms with Gasteiger partial charge in [0.1, 0.15) is 5.69 Å². The van der Waals surface area contributed by atoms with Crippen LogP contribution >= 0.6 is 11.6 Å². The molecule has 1 aromatic heterocycles. The Morgan fingerprint density at radius 2 is 2.05 bits per heavy atom. The number of nitrogens with one attached hydrogen (secondary N) is 1. The summed E-state index contributed by atoms with van der Waals surface area (Å²) in [6.45, 7) is 0. The van der Waals surface area contributed by atoms with Crippen molar-refractivity contribution in [2.75, 3.05) is 11.6 Å². The summed E-state index contributed by atoms with van der Waals surface area (Å²) in [5.41, 5.74) is 0.304. The Bertz CT molecular complexity index is 748. The number of aromatic nitrogens is 2. The zero-order valence-corrected chi connectivity index (χ0v) is 11.9. The Balaban J connectivity index is 2.32. The molecule has 0 spiro atoms. The van der Waals surface area contributed by atoms with Gasteiger partial charge in [0.25, 0.3) is 5.91 Å². The molecule has 0 bridgehead atoms. The van der Waals surface area contributed by atoms with Gasteiger partial charge >= 0.3 is 0 Å². The van der Waals surface area contributed by atoms with Crippen molar-refractivity contribution in [2.24, 2.45) is 0 Å². The molecule has 0 unspecified atom stereocenters. The topological polar surface area (TPSA) is 89.0 Å². The second-order valence-electron chi connectivity index (χ2n) is 3.96. The van der Waals surface area contributed by atoms with Gasteiger partial charge in [0, 0.05) is 18.6 Å². The van der Waals surface area contributed by atoms with Crippen molar-refractivity contribution in [1.82, 2.24) is 9.97 Å². The molecular formula is C12H10ClN3O3S. The number of rotatable bonds is 3. The van der Waals surface area contributed by atoms with E-state index in [4.69, 9.17) is 11.6 Å². The van der Waals surface area contributed by atoms with Crippen LogP contribution in [-0.2, 0) is 9.84 Å². The predicted octanol–water partition coefficient (Wildman–Crippen LogP) is 1.79. The smallest absolute Gasteiger partial charge is 0.275 e. The number of hydrogen-bond donors (Lipinski definition) is 1. The van der Waals surface area contributed by atoms with E-state index in [9.17, 15) is 13.2 Å². The first kappa shape index (κ1) is 14.4. The van der Waals surface area contributed by atoms with Crippen LogP contribution in [0.4, 0.5) is 5.69 Å². The summed E-state index contributed by atoms with van der Waals surface area (Å²) in [5, 5.41) is 2.73. The first-order valence-electron chi connectivity index (χ1n) is 5.45. The van der Waals surface area contributed by atoms with Crippen molar-refractivity contribution >= 4 is 33.0 Å². The number of benzene rings is 1. The lowest BCUT2D eigenvalue weighted by atomic mass is 10.3. The molecule has 0 aliphatic heterocycles. The highest BCUT2D eigenvalue weighted by Crippen LogP contribution is 2.25. The average molecular weight is 312 g/mol. The van der Waals surface area contributed by atoms with Crippen LogP contribution in [0.15, 0.2) is 41.7 Å². The van der Waals surface area contributed by atoms with E-state index in [0.29, 0.717) is 0 Å². The molecule has 1 heterocycles. The minimum atomic E-state index is -3.38. The lowest BCUT2D eigenvalue weighted by Gasteiger charge is -2.08. The van der Waals surface area contributed by atoms with Crippen LogP contribution in [0.3, 0.4) is 0 Å². The van der Waals surface area contributed by atoms with Crippen molar-refractivity contribution < 1.29 is 13.2 Å². The molecule has 0 aliphatic rings. The number of nitrogens with zero attached hydrogens (tertiary/aromatic N) is 2. The van der Waals surface area contributed by atoms with Crippen molar-refractivity contribution in [3.63, 3.8) is 0 Å². The second kappa shape index (κ2) is 5.56. The van der Waals surface area contributed by atoms with Crippen LogP contribution in [0.5, 0.6) is 0 Å². The zero-order valence-electron chi connectivity index (χ0n) is 10.4. The standard InChI is InChI=1S/C12H10ClN3O3S/c1-20(18,19)8-2-3-9(13)10(6-8)16-12(17)11-7-14-4-5-15-11/h2-7H,1H3,(H,16,17). The van der Waals surface area contributed by atoms with Crippen molar-refractivity contribution in [3.05, 3.63) is 47.5 Å². The molecule has 1 amide bonds. The number of halogens is 1. The Hall–Kier alpha value is -1.99. The number of amides is 1. The fourth-order valence-electron chi connectivity index (χ4n) is 1.43. The molecule has 0 saturated heterocycles. The van der Waals surface area contributed by atoms with Crippen LogP contribution < -0.4 is 5.32 Å². The molecule has 104 valence electrons. The highest BCUT2D eigenvalue weighted by molar-refractivity contribution is 7.90. The number of hydrogen-bond acceptors (Lipinski definition) is 5. The molecule has 2 rings (SSSR count). The molecule has 0 saturated carbocycles. The van der Waals surface area contributed by atoms with Gasteiger partial charge in [0.2, 0.25) is 0 Å². The first-order chi connectivity index (χ1) is 9.38. The van der Waals surface area contributed by atoms with Gasteiger partial charge in [-0.15, -0.1) is 0 Å². The summed E-state index contributed by atoms with van der Waals surface area (Å²) >= 11 is 5.93. The van der Waals surface area contributed by atoms with Crippen molar-refractivity contribution in [2.45, 2.75) is 4.90 Å². The monoisotopic (exact) mass is 311 g/mol. The lowest BCUT2D eigenvalue weighted by Crippen LogP contribution is -2.14. The van der Waals surface area contributed by atoms with E-state index >= 15 is 0 Å². The summed E-state index contributed by atoms with van der Waals surface area (Å²) in [6.07, 6.45) is 5.19. The third-order valence-corrected chi connectivity index (χ3v) is 3.85. The summed E-state index contributed by atoms with van der Waals surface area (Å²) in [6, 6.07) is 4.08. The van der Waals surface area contributed by atoms with Crippen LogP contribution in [0, 0.1) is 0 Å². The highest BCUT2D eigenvalue weighted by atomic mass is 35.5. The molecule has 0 atom stereocenters. The fraction of sp³-hybridized carbons (Fsp3) is 0.0833. The molecule has 0 radical (unpaired) electrons. The Labute approximate surface area is 120 Å². The summed E-state index contributed by atoms with van der Waals surface area (Å²) in [7, 11) is -3.38. The molecule has 1 aromatic carbocycles. The van der Waals surface area contributed by atoms with Gasteiger partial charge < -0.3 is 5.32 Å². The Morgan fingerprint density at radius 1 is 1.30 bits per heavy atom. The quantitative estimate of drug-likeness (QED) is 0.933. The third kappa shape index (κ3) is 3.31. The first-order valence-corrected chi connectivity index (χ1v) is 7.72. The van der Waals surface area contributed by atoms with E-state index in [1.807, 2.05) is 0 Å². The summed E-state index contributed by atoms with van der Waals surface area (Å²) in [4.78, 5) is 19.6. The highest BCUT2D eigenvalue weighted by Gasteiger charge is 2.13. The molecule has 1 N–H and O–H groups in total. The molecular weight excluding hydrogens is 302 g/mol. The van der Waals surface area contributed by atoms with Gasteiger partial charge in [-0.25, -0.2) is 13.4 Å². The SMILES string of the molecule is CS(=O)(=O)c1ccc(Cl)c(NC(=O)c2cnccn2)c1. The number of carbonyl (C=O) groups is 1. The Kier molecular flexibility index (Phi) is 4.01. The van der Waals surface area contributed by atoms with Gasteiger partial charge in [-0.3, -0.25) is 9.78 Å². The zero-order chi connectivity index (χ0) is 14.8. The molecule has 0 fully saturated rings. The van der Waals surface area contributed by atoms with E-state index in [-0.39, 0.29) is 21.3 Å². The van der Waals surface area contributed by atoms with Crippen LogP contribution in [0.1, 0.15) is 10.5 Å². The summed E-state index contributed by atoms with van der Waals surface area (Å²) < 4.78 is 22.9. The van der Waals surface area contributed by atoms with Gasteiger partial charge in [-0.1, -0.05) is 11.6 Å². The van der Waals surface area contributed by atoms with Crippen LogP contribution in [-0.4, -0.2) is 30.5 Å². The van der Waals surface area contributed by atoms with Crippen molar-refractivity contribution in [3.8, 4) is 0 Å². The predicted molar refractivity (Wildman–Crippen MR) is 74.5 cm³/mol. The second-order valence-corrected chi connectivity index (χ2v) is 6.38. The largest absolute Gasteiger partial charge is 0.319 e. The molecule has 20 heavy (non-hydrogen) atoms. The van der Waals surface area contributed by atoms with Gasteiger partial charge in [0.05, 0.1) is 21.8 Å². The van der Waals surface area contributed by atoms with E-state index < -0.39 is 15.7 Å². The molecule has 0 aliphatic carbocycles. The van der Waals surface area contributed by atoms with Crippen LogP contribution in [0.25, 0.3) is 0 Å². The van der Waals surface area contributed by atoms with Gasteiger partial charge in [-0.2, -0.15) is 0 Å². The molecule has 6 nitrogen and oxygen atoms in total. The molecule has 2 aromatic rings. The molecule has 8 heteroatoms.